The molecule has 2 atom stereocenters. The van der Waals surface area contributed by atoms with Crippen molar-refractivity contribution in [3.8, 4) is 0 Å². The topological polar surface area (TPSA) is 114 Å². The summed E-state index contributed by atoms with van der Waals surface area (Å²) in [5.74, 6) is -4.20. The maximum atomic E-state index is 13.9. The summed E-state index contributed by atoms with van der Waals surface area (Å²) >= 11 is 0. The molecule has 14 heteroatoms. The van der Waals surface area contributed by atoms with Crippen LogP contribution in [0.3, 0.4) is 0 Å². The highest BCUT2D eigenvalue weighted by Crippen LogP contribution is 2.43. The van der Waals surface area contributed by atoms with E-state index in [9.17, 15) is 31.5 Å². The number of halogens is 5. The predicted octanol–water partition coefficient (Wildman–Crippen LogP) is 4.73. The van der Waals surface area contributed by atoms with E-state index in [1.54, 1.807) is 18.3 Å². The molecule has 2 amide bonds. The smallest absolute Gasteiger partial charge is 0.349 e. The molecule has 0 spiro atoms. The Bertz CT molecular complexity index is 1350. The number of carbonyl (C=O) groups excluding carboxylic acids is 2. The van der Waals surface area contributed by atoms with E-state index in [0.717, 1.165) is 12.8 Å². The van der Waals surface area contributed by atoms with Crippen molar-refractivity contribution in [1.82, 2.24) is 35.4 Å². The molecule has 2 fully saturated rings. The number of hydrogen-bond acceptors (Lipinski definition) is 6. The van der Waals surface area contributed by atoms with Crippen LogP contribution in [-0.2, 0) is 4.79 Å². The van der Waals surface area contributed by atoms with Crippen LogP contribution in [-0.4, -0.2) is 48.7 Å². The Morgan fingerprint density at radius 3 is 2.45 bits per heavy atom. The van der Waals surface area contributed by atoms with E-state index in [-0.39, 0.29) is 43.2 Å². The van der Waals surface area contributed by atoms with Gasteiger partial charge in [0.2, 0.25) is 11.8 Å². The van der Waals surface area contributed by atoms with Gasteiger partial charge in [0.25, 0.3) is 5.91 Å². The lowest BCUT2D eigenvalue weighted by atomic mass is 9.81. The number of aromatic nitrogens is 5. The van der Waals surface area contributed by atoms with E-state index in [0.29, 0.717) is 16.9 Å². The van der Waals surface area contributed by atoms with Crippen LogP contribution in [0, 0.1) is 11.8 Å². The van der Waals surface area contributed by atoms with Crippen LogP contribution in [0.25, 0.3) is 5.65 Å². The van der Waals surface area contributed by atoms with Crippen LogP contribution < -0.4 is 10.6 Å². The maximum absolute atomic E-state index is 13.9. The molecule has 5 rings (SSSR count). The van der Waals surface area contributed by atoms with Crippen LogP contribution in [0.15, 0.2) is 36.8 Å². The molecule has 2 aliphatic rings. The molecule has 214 valence electrons. The molecule has 3 aromatic heterocycles. The quantitative estimate of drug-likeness (QED) is 0.363. The SMILES string of the molecule is O=C(CCC(F)(F)F)N[C@@H](c1cnn2cc([C@@H](NC(=O)c3cccnn3)C3CCC(F)(F)CC3)nc2c1)C1CC1. The molecular formula is C26H28F5N7O2. The molecule has 2 N–H and O–H groups in total. The molecule has 40 heavy (non-hydrogen) atoms. The lowest BCUT2D eigenvalue weighted by Crippen LogP contribution is -2.37. The van der Waals surface area contributed by atoms with Crippen molar-refractivity contribution in [3.63, 3.8) is 0 Å². The molecule has 3 heterocycles. The molecule has 3 aromatic rings. The van der Waals surface area contributed by atoms with Gasteiger partial charge in [-0.1, -0.05) is 0 Å². The van der Waals surface area contributed by atoms with E-state index in [1.165, 1.54) is 23.0 Å². The largest absolute Gasteiger partial charge is 0.389 e. The van der Waals surface area contributed by atoms with Crippen molar-refractivity contribution in [2.75, 3.05) is 0 Å². The third-order valence-corrected chi connectivity index (χ3v) is 7.41. The average Bonchev–Trinajstić information content (AvgIpc) is 3.67. The summed E-state index contributed by atoms with van der Waals surface area (Å²) in [4.78, 5) is 29.8. The number of fused-ring (bicyclic) bond motifs is 1. The number of alkyl halides is 5. The number of carbonyl (C=O) groups is 2. The minimum atomic E-state index is -4.42. The Balaban J connectivity index is 1.39. The van der Waals surface area contributed by atoms with E-state index in [2.05, 4.69) is 30.9 Å². The first-order chi connectivity index (χ1) is 19.0. The Morgan fingerprint density at radius 2 is 1.80 bits per heavy atom. The van der Waals surface area contributed by atoms with Crippen molar-refractivity contribution in [2.24, 2.45) is 11.8 Å². The number of nitrogens with zero attached hydrogens (tertiary/aromatic N) is 5. The zero-order valence-corrected chi connectivity index (χ0v) is 21.4. The average molecular weight is 566 g/mol. The van der Waals surface area contributed by atoms with Gasteiger partial charge in [-0.05, 0) is 61.3 Å². The van der Waals surface area contributed by atoms with Crippen LogP contribution in [0.4, 0.5) is 22.0 Å². The van der Waals surface area contributed by atoms with Gasteiger partial charge in [-0.15, -0.1) is 5.10 Å². The summed E-state index contributed by atoms with van der Waals surface area (Å²) in [6.07, 6.45) is -0.336. The fourth-order valence-electron chi connectivity index (χ4n) is 5.10. The molecular weight excluding hydrogens is 537 g/mol. The zero-order valence-electron chi connectivity index (χ0n) is 21.4. The molecule has 0 bridgehead atoms. The molecule has 0 aromatic carbocycles. The van der Waals surface area contributed by atoms with Crippen molar-refractivity contribution < 1.29 is 31.5 Å². The number of rotatable bonds is 9. The maximum Gasteiger partial charge on any atom is 0.389 e. The second-order valence-electron chi connectivity index (χ2n) is 10.5. The molecule has 9 nitrogen and oxygen atoms in total. The summed E-state index contributed by atoms with van der Waals surface area (Å²) in [5, 5.41) is 17.5. The van der Waals surface area contributed by atoms with Gasteiger partial charge in [-0.2, -0.15) is 23.4 Å². The highest BCUT2D eigenvalue weighted by Gasteiger charge is 2.40. The van der Waals surface area contributed by atoms with Crippen LogP contribution >= 0.6 is 0 Å². The summed E-state index contributed by atoms with van der Waals surface area (Å²) in [5.41, 5.74) is 1.49. The van der Waals surface area contributed by atoms with E-state index >= 15 is 0 Å². The Labute approximate surface area is 226 Å². The van der Waals surface area contributed by atoms with E-state index < -0.39 is 48.8 Å². The van der Waals surface area contributed by atoms with Crippen molar-refractivity contribution in [2.45, 2.75) is 75.5 Å². The fraction of sp³-hybridized carbons (Fsp3) is 0.538. The third-order valence-electron chi connectivity index (χ3n) is 7.41. The number of imidazole rings is 1. The van der Waals surface area contributed by atoms with Crippen molar-refractivity contribution in [1.29, 1.82) is 0 Å². The van der Waals surface area contributed by atoms with Gasteiger partial charge in [-0.3, -0.25) is 9.59 Å². The lowest BCUT2D eigenvalue weighted by molar-refractivity contribution is -0.144. The molecule has 0 saturated heterocycles. The van der Waals surface area contributed by atoms with Gasteiger partial charge < -0.3 is 10.6 Å². The Morgan fingerprint density at radius 1 is 1.07 bits per heavy atom. The van der Waals surface area contributed by atoms with Gasteiger partial charge >= 0.3 is 6.18 Å². The summed E-state index contributed by atoms with van der Waals surface area (Å²) in [7, 11) is 0. The first-order valence-corrected chi connectivity index (χ1v) is 13.2. The Kier molecular flexibility index (Phi) is 7.69. The lowest BCUT2D eigenvalue weighted by Gasteiger charge is -2.33. The minimum Gasteiger partial charge on any atom is -0.349 e. The number of amides is 2. The van der Waals surface area contributed by atoms with Gasteiger partial charge in [0.1, 0.15) is 0 Å². The molecule has 0 radical (unpaired) electrons. The molecule has 0 unspecified atom stereocenters. The summed E-state index contributed by atoms with van der Waals surface area (Å²) in [6, 6.07) is 3.54. The molecule has 2 aliphatic carbocycles. The zero-order chi connectivity index (χ0) is 28.5. The van der Waals surface area contributed by atoms with Crippen molar-refractivity contribution in [3.05, 3.63) is 53.7 Å². The summed E-state index contributed by atoms with van der Waals surface area (Å²) in [6.45, 7) is 0. The van der Waals surface area contributed by atoms with Gasteiger partial charge in [0.15, 0.2) is 11.3 Å². The van der Waals surface area contributed by atoms with Crippen LogP contribution in [0.2, 0.25) is 0 Å². The third kappa shape index (κ3) is 6.89. The first-order valence-electron chi connectivity index (χ1n) is 13.2. The summed E-state index contributed by atoms with van der Waals surface area (Å²) < 4.78 is 67.0. The normalized spacial score (nSPS) is 19.2. The van der Waals surface area contributed by atoms with Gasteiger partial charge in [0.05, 0.1) is 36.6 Å². The number of nitrogens with one attached hydrogen (secondary N) is 2. The van der Waals surface area contributed by atoms with Crippen LogP contribution in [0.1, 0.15) is 85.2 Å². The van der Waals surface area contributed by atoms with Crippen LogP contribution in [0.5, 0.6) is 0 Å². The fourth-order valence-corrected chi connectivity index (χ4v) is 5.10. The van der Waals surface area contributed by atoms with E-state index in [1.807, 2.05) is 0 Å². The monoisotopic (exact) mass is 565 g/mol. The van der Waals surface area contributed by atoms with E-state index in [4.69, 9.17) is 0 Å². The molecule has 2 saturated carbocycles. The number of hydrogen-bond donors (Lipinski definition) is 2. The van der Waals surface area contributed by atoms with Gasteiger partial charge in [-0.25, -0.2) is 18.3 Å². The highest BCUT2D eigenvalue weighted by molar-refractivity contribution is 5.92. The van der Waals surface area contributed by atoms with Gasteiger partial charge in [0, 0.05) is 25.5 Å². The Hall–Kier alpha value is -3.71. The first kappa shape index (κ1) is 27.8. The second kappa shape index (κ2) is 11.0. The minimum absolute atomic E-state index is 0.0753. The standard InChI is InChI=1S/C26H28F5N7O2/c27-25(28)8-5-16(6-9-25)23(36-24(40)18-2-1-11-32-37-18)19-14-38-20(34-19)12-17(13-33-38)22(15-3-4-15)35-21(39)7-10-26(29,30)31/h1-2,11-16,22-23H,3-10H2,(H,35,39)(H,36,40)/t22-,23+/m1/s1. The molecule has 0 aliphatic heterocycles. The highest BCUT2D eigenvalue weighted by atomic mass is 19.4. The predicted molar refractivity (Wildman–Crippen MR) is 131 cm³/mol. The second-order valence-corrected chi connectivity index (χ2v) is 10.5. The van der Waals surface area contributed by atoms with Crippen molar-refractivity contribution >= 4 is 17.5 Å².